The number of nitrogens with zero attached hydrogens (tertiary/aromatic N) is 5. The van der Waals surface area contributed by atoms with Crippen LogP contribution >= 0.6 is 13.5 Å². The number of anilines is 2. The predicted octanol–water partition coefficient (Wildman–Crippen LogP) is 4.08. The number of piperidine rings is 1. The third-order valence-corrected chi connectivity index (χ3v) is 9.15. The monoisotopic (exact) mass is 650 g/mol. The molecule has 0 aliphatic carbocycles. The molecule has 3 aliphatic rings. The fraction of sp³-hybridized carbons (Fsp3) is 0.529. The van der Waals surface area contributed by atoms with Crippen LogP contribution in [0.15, 0.2) is 41.1 Å². The van der Waals surface area contributed by atoms with Crippen molar-refractivity contribution < 1.29 is 23.8 Å². The van der Waals surface area contributed by atoms with Gasteiger partial charge >= 0.3 is 0 Å². The SMILES string of the molecule is CC(=O)N1CC(Nc2cc(C(=O)CC[C@H](O)CN3CCc4cc(OCc5ocnc5C)ccc4C3)cc(N3CCCCC3)n2)C1.S. The zero-order valence-corrected chi connectivity index (χ0v) is 27.8. The van der Waals surface area contributed by atoms with Crippen molar-refractivity contribution in [1.82, 2.24) is 19.8 Å². The first-order valence-corrected chi connectivity index (χ1v) is 16.2. The summed E-state index contributed by atoms with van der Waals surface area (Å²) >= 11 is 0. The minimum absolute atomic E-state index is 0. The molecule has 2 aromatic heterocycles. The van der Waals surface area contributed by atoms with Crippen LogP contribution in [-0.2, 0) is 24.4 Å². The molecule has 46 heavy (non-hydrogen) atoms. The molecule has 0 bridgehead atoms. The average molecular weight is 651 g/mol. The number of pyridine rings is 1. The number of hydrogen-bond acceptors (Lipinski definition) is 10. The Hall–Kier alpha value is -3.61. The molecule has 2 fully saturated rings. The molecule has 0 unspecified atom stereocenters. The molecule has 0 spiro atoms. The number of aromatic nitrogens is 2. The molecule has 11 nitrogen and oxygen atoms in total. The minimum atomic E-state index is -0.600. The molecule has 3 aromatic rings. The third-order valence-electron chi connectivity index (χ3n) is 9.15. The maximum absolute atomic E-state index is 13.4. The number of carbonyl (C=O) groups excluding carboxylic acids is 2. The van der Waals surface area contributed by atoms with E-state index >= 15 is 0 Å². The fourth-order valence-electron chi connectivity index (χ4n) is 6.35. The molecule has 248 valence electrons. The Morgan fingerprint density at radius 2 is 1.91 bits per heavy atom. The number of aliphatic hydroxyl groups excluding tert-OH is 1. The van der Waals surface area contributed by atoms with Gasteiger partial charge in [-0.25, -0.2) is 9.97 Å². The lowest BCUT2D eigenvalue weighted by Crippen LogP contribution is -2.56. The van der Waals surface area contributed by atoms with E-state index in [0.717, 1.165) is 68.5 Å². The second kappa shape index (κ2) is 15.3. The number of rotatable bonds is 12. The van der Waals surface area contributed by atoms with E-state index < -0.39 is 6.10 Å². The minimum Gasteiger partial charge on any atom is -0.486 e. The number of benzene rings is 1. The van der Waals surface area contributed by atoms with Crippen LogP contribution in [0.3, 0.4) is 0 Å². The van der Waals surface area contributed by atoms with Crippen LogP contribution in [0.1, 0.15) is 72.0 Å². The standard InChI is InChI=1S/C34H44N6O5.H2S/c1-23-32(45-22-35-23)21-44-30-8-6-26-17-38(13-10-25(26)14-30)20-29(42)7-9-31(43)27-15-33(36-28-18-40(19-28)24(2)41)37-34(16-27)39-11-4-3-5-12-39;/h6,8,14-16,22,28-29,42H,3-5,7,9-13,17-21H2,1-2H3,(H,36,37);1H2/t29-;/m0./s1. The normalized spacial score (nSPS) is 17.5. The second-order valence-corrected chi connectivity index (χ2v) is 12.6. The van der Waals surface area contributed by atoms with Crippen molar-refractivity contribution in [3.63, 3.8) is 0 Å². The predicted molar refractivity (Wildman–Crippen MR) is 181 cm³/mol. The summed E-state index contributed by atoms with van der Waals surface area (Å²) in [7, 11) is 0. The molecule has 12 heteroatoms. The summed E-state index contributed by atoms with van der Waals surface area (Å²) in [5.41, 5.74) is 3.94. The van der Waals surface area contributed by atoms with Crippen molar-refractivity contribution in [2.24, 2.45) is 0 Å². The molecule has 1 aromatic carbocycles. The first-order valence-electron chi connectivity index (χ1n) is 16.2. The van der Waals surface area contributed by atoms with Gasteiger partial charge in [-0.1, -0.05) is 6.07 Å². The van der Waals surface area contributed by atoms with Crippen LogP contribution in [0.2, 0.25) is 0 Å². The Labute approximate surface area is 277 Å². The summed E-state index contributed by atoms with van der Waals surface area (Å²) < 4.78 is 11.3. The van der Waals surface area contributed by atoms with Crippen molar-refractivity contribution in [3.8, 4) is 5.75 Å². The number of hydrogen-bond donors (Lipinski definition) is 2. The van der Waals surface area contributed by atoms with Crippen LogP contribution in [-0.4, -0.2) is 88.0 Å². The van der Waals surface area contributed by atoms with Gasteiger partial charge in [0.2, 0.25) is 5.91 Å². The average Bonchev–Trinajstić information content (AvgIpc) is 3.44. The Balaban J connectivity index is 0.00000417. The van der Waals surface area contributed by atoms with Crippen molar-refractivity contribution in [1.29, 1.82) is 0 Å². The van der Waals surface area contributed by atoms with Gasteiger partial charge in [-0.05, 0) is 74.4 Å². The highest BCUT2D eigenvalue weighted by atomic mass is 32.1. The molecule has 1 amide bonds. The summed E-state index contributed by atoms with van der Waals surface area (Å²) in [6, 6.07) is 10.0. The number of carbonyl (C=O) groups is 2. The van der Waals surface area contributed by atoms with E-state index in [1.54, 1.807) is 11.8 Å². The zero-order chi connectivity index (χ0) is 31.3. The van der Waals surface area contributed by atoms with Crippen molar-refractivity contribution in [2.45, 2.75) is 77.7 Å². The Morgan fingerprint density at radius 3 is 2.65 bits per heavy atom. The van der Waals surface area contributed by atoms with Crippen LogP contribution in [0, 0.1) is 6.92 Å². The van der Waals surface area contributed by atoms with Crippen molar-refractivity contribution in [3.05, 3.63) is 64.9 Å². The summed E-state index contributed by atoms with van der Waals surface area (Å²) in [6.07, 6.45) is 5.81. The number of fused-ring (bicyclic) bond motifs is 1. The van der Waals surface area contributed by atoms with E-state index in [2.05, 4.69) is 32.2 Å². The molecular formula is C34H46N6O5S. The molecule has 0 radical (unpaired) electrons. The number of Topliss-reactive ketones (excluding diaryl/α,β-unsaturated/α-hetero) is 1. The first kappa shape index (κ1) is 33.7. The molecule has 0 saturated carbocycles. The number of aliphatic hydroxyl groups is 1. The lowest BCUT2D eigenvalue weighted by Gasteiger charge is -2.39. The lowest BCUT2D eigenvalue weighted by molar-refractivity contribution is -0.132. The quantitative estimate of drug-likeness (QED) is 0.277. The molecule has 1 atom stereocenters. The van der Waals surface area contributed by atoms with Gasteiger partial charge in [-0.3, -0.25) is 14.5 Å². The number of β-amino-alcohol motifs (C(OH)–C–C–N with tert-alkyl or cyclic N) is 1. The van der Waals surface area contributed by atoms with Gasteiger partial charge in [0.05, 0.1) is 17.8 Å². The Bertz CT molecular complexity index is 1500. The number of likely N-dealkylation sites (tertiary alicyclic amines) is 1. The molecule has 2 saturated heterocycles. The van der Waals surface area contributed by atoms with E-state index in [1.165, 1.54) is 23.9 Å². The van der Waals surface area contributed by atoms with Gasteiger partial charge in [-0.2, -0.15) is 13.5 Å². The first-order chi connectivity index (χ1) is 21.8. The number of amides is 1. The van der Waals surface area contributed by atoms with E-state index in [0.29, 0.717) is 44.0 Å². The zero-order valence-electron chi connectivity index (χ0n) is 26.8. The van der Waals surface area contributed by atoms with E-state index in [4.69, 9.17) is 14.1 Å². The number of aryl methyl sites for hydroxylation is 1. The summed E-state index contributed by atoms with van der Waals surface area (Å²) in [6.45, 7) is 9.07. The fourth-order valence-corrected chi connectivity index (χ4v) is 6.35. The highest BCUT2D eigenvalue weighted by Gasteiger charge is 2.29. The van der Waals surface area contributed by atoms with Crippen LogP contribution in [0.25, 0.3) is 0 Å². The van der Waals surface area contributed by atoms with Gasteiger partial charge in [0.25, 0.3) is 0 Å². The summed E-state index contributed by atoms with van der Waals surface area (Å²) in [5.74, 6) is 3.10. The Kier molecular flexibility index (Phi) is 11.2. The van der Waals surface area contributed by atoms with Gasteiger partial charge in [0.1, 0.15) is 24.0 Å². The lowest BCUT2D eigenvalue weighted by atomic mass is 9.98. The van der Waals surface area contributed by atoms with E-state index in [1.807, 2.05) is 25.1 Å². The largest absolute Gasteiger partial charge is 0.486 e. The van der Waals surface area contributed by atoms with Crippen LogP contribution < -0.4 is 15.0 Å². The number of ketones is 1. The molecular weight excluding hydrogens is 604 g/mol. The topological polar surface area (TPSA) is 124 Å². The third kappa shape index (κ3) is 8.40. The van der Waals surface area contributed by atoms with E-state index in [9.17, 15) is 14.7 Å². The van der Waals surface area contributed by atoms with Crippen LogP contribution in [0.4, 0.5) is 11.6 Å². The summed E-state index contributed by atoms with van der Waals surface area (Å²) in [5, 5.41) is 14.3. The van der Waals surface area contributed by atoms with Gasteiger partial charge in [0, 0.05) is 64.7 Å². The molecule has 2 N–H and O–H groups in total. The highest BCUT2D eigenvalue weighted by Crippen LogP contribution is 2.27. The van der Waals surface area contributed by atoms with Gasteiger partial charge < -0.3 is 29.4 Å². The molecule has 6 rings (SSSR count). The second-order valence-electron chi connectivity index (χ2n) is 12.6. The van der Waals surface area contributed by atoms with Crippen LogP contribution in [0.5, 0.6) is 5.75 Å². The maximum Gasteiger partial charge on any atom is 0.219 e. The van der Waals surface area contributed by atoms with Crippen molar-refractivity contribution in [2.75, 3.05) is 49.5 Å². The molecule has 5 heterocycles. The maximum atomic E-state index is 13.4. The smallest absolute Gasteiger partial charge is 0.219 e. The van der Waals surface area contributed by atoms with Gasteiger partial charge in [0.15, 0.2) is 17.9 Å². The highest BCUT2D eigenvalue weighted by molar-refractivity contribution is 7.59. The summed E-state index contributed by atoms with van der Waals surface area (Å²) in [4.78, 5) is 40.3. The van der Waals surface area contributed by atoms with Crippen molar-refractivity contribution >= 4 is 36.8 Å². The number of ether oxygens (including phenoxy) is 1. The Morgan fingerprint density at radius 1 is 1.11 bits per heavy atom. The number of oxazole rings is 1. The van der Waals surface area contributed by atoms with Gasteiger partial charge in [-0.15, -0.1) is 0 Å². The molecule has 3 aliphatic heterocycles. The number of nitrogens with one attached hydrogen (secondary N) is 1. The van der Waals surface area contributed by atoms with E-state index in [-0.39, 0.29) is 37.6 Å².